The molecule has 0 spiro atoms. The van der Waals surface area contributed by atoms with Crippen LogP contribution >= 0.6 is 0 Å². The molecule has 224 valence electrons. The smallest absolute Gasteiger partial charge is 0.0643 e. The van der Waals surface area contributed by atoms with Crippen molar-refractivity contribution in [2.75, 3.05) is 32.8 Å². The summed E-state index contributed by atoms with van der Waals surface area (Å²) in [6, 6.07) is 0. The molecule has 0 aliphatic heterocycles. The van der Waals surface area contributed by atoms with E-state index in [0.717, 1.165) is 32.8 Å². The quantitative estimate of drug-likeness (QED) is 0.0858. The molecule has 0 heterocycles. The Labute approximate surface area is 235 Å². The third-order valence-electron chi connectivity index (χ3n) is 7.73. The van der Waals surface area contributed by atoms with Gasteiger partial charge < -0.3 is 15.4 Å². The van der Waals surface area contributed by atoms with Gasteiger partial charge >= 0.3 is 0 Å². The molecule has 2 N–H and O–H groups in total. The largest absolute Gasteiger partial charge is 0.378 e. The fourth-order valence-corrected chi connectivity index (χ4v) is 5.13. The maximum Gasteiger partial charge on any atom is 0.0643 e. The van der Waals surface area contributed by atoms with E-state index in [1.54, 1.807) is 0 Å². The van der Waals surface area contributed by atoms with Crippen LogP contribution in [0.1, 0.15) is 182 Å². The summed E-state index contributed by atoms with van der Waals surface area (Å²) in [5.74, 6) is 0. The third kappa shape index (κ3) is 32.0. The van der Waals surface area contributed by atoms with Gasteiger partial charge in [-0.1, -0.05) is 155 Å². The van der Waals surface area contributed by atoms with Crippen molar-refractivity contribution in [1.29, 1.82) is 0 Å². The predicted octanol–water partition coefficient (Wildman–Crippen LogP) is 10.4. The van der Waals surface area contributed by atoms with Gasteiger partial charge in [0.2, 0.25) is 0 Å². The fraction of sp³-hybridized carbons (Fsp3) is 1.00. The lowest BCUT2D eigenvalue weighted by Crippen LogP contribution is -2.44. The highest BCUT2D eigenvalue weighted by atomic mass is 16.5. The van der Waals surface area contributed by atoms with E-state index in [4.69, 9.17) is 4.74 Å². The second-order valence-electron chi connectivity index (χ2n) is 12.4. The van der Waals surface area contributed by atoms with Gasteiger partial charge in [-0.2, -0.15) is 0 Å². The van der Waals surface area contributed by atoms with Crippen molar-refractivity contribution >= 4 is 0 Å². The molecule has 0 rings (SSSR count). The molecule has 0 aliphatic rings. The average Bonchev–Trinajstić information content (AvgIpc) is 2.88. The predicted molar refractivity (Wildman–Crippen MR) is 168 cm³/mol. The standard InChI is InChI=1S/C34H72N2O/c1-5-7-9-11-13-15-17-19-21-23-25-27-29-35-31-32-37-33-34(3,4)36-30-28-26-24-22-20-18-16-14-12-10-8-6-2/h35-36H,5-33H2,1-4H3. The first-order chi connectivity index (χ1) is 18.1. The summed E-state index contributed by atoms with van der Waals surface area (Å²) >= 11 is 0. The Morgan fingerprint density at radius 3 is 1.19 bits per heavy atom. The molecular formula is C34H72N2O. The van der Waals surface area contributed by atoms with Gasteiger partial charge in [-0.3, -0.25) is 0 Å². The van der Waals surface area contributed by atoms with Crippen molar-refractivity contribution < 1.29 is 4.74 Å². The van der Waals surface area contributed by atoms with Crippen LogP contribution in [-0.4, -0.2) is 38.4 Å². The summed E-state index contributed by atoms with van der Waals surface area (Å²) in [5, 5.41) is 7.26. The summed E-state index contributed by atoms with van der Waals surface area (Å²) < 4.78 is 5.95. The van der Waals surface area contributed by atoms with Gasteiger partial charge in [0.05, 0.1) is 13.2 Å². The Morgan fingerprint density at radius 2 is 0.784 bits per heavy atom. The van der Waals surface area contributed by atoms with E-state index in [1.165, 1.54) is 154 Å². The van der Waals surface area contributed by atoms with E-state index in [0.29, 0.717) is 0 Å². The van der Waals surface area contributed by atoms with Gasteiger partial charge in [-0.25, -0.2) is 0 Å². The molecule has 0 amide bonds. The second-order valence-corrected chi connectivity index (χ2v) is 12.4. The van der Waals surface area contributed by atoms with Crippen molar-refractivity contribution in [3.63, 3.8) is 0 Å². The molecule has 0 unspecified atom stereocenters. The van der Waals surface area contributed by atoms with E-state index in [-0.39, 0.29) is 5.54 Å². The number of rotatable bonds is 32. The van der Waals surface area contributed by atoms with Crippen molar-refractivity contribution in [1.82, 2.24) is 10.6 Å². The summed E-state index contributed by atoms with van der Waals surface area (Å²) in [7, 11) is 0. The molecule has 0 fully saturated rings. The van der Waals surface area contributed by atoms with Crippen molar-refractivity contribution in [3.05, 3.63) is 0 Å². The second kappa shape index (κ2) is 30.4. The number of unbranched alkanes of at least 4 members (excludes halogenated alkanes) is 22. The van der Waals surface area contributed by atoms with Crippen LogP contribution in [-0.2, 0) is 4.74 Å². The molecule has 0 aromatic heterocycles. The zero-order valence-corrected chi connectivity index (χ0v) is 26.4. The van der Waals surface area contributed by atoms with Crippen LogP contribution < -0.4 is 10.6 Å². The van der Waals surface area contributed by atoms with Crippen LogP contribution in [0.15, 0.2) is 0 Å². The third-order valence-corrected chi connectivity index (χ3v) is 7.73. The van der Waals surface area contributed by atoms with Gasteiger partial charge in [-0.15, -0.1) is 0 Å². The Kier molecular flexibility index (Phi) is 30.3. The first-order valence-electron chi connectivity index (χ1n) is 17.2. The van der Waals surface area contributed by atoms with Gasteiger partial charge in [-0.05, 0) is 39.8 Å². The Hall–Kier alpha value is -0.120. The molecule has 37 heavy (non-hydrogen) atoms. The number of hydrogen-bond acceptors (Lipinski definition) is 3. The summed E-state index contributed by atoms with van der Waals surface area (Å²) in [5.41, 5.74) is 0.0767. The van der Waals surface area contributed by atoms with Crippen molar-refractivity contribution in [3.8, 4) is 0 Å². The van der Waals surface area contributed by atoms with Gasteiger partial charge in [0.25, 0.3) is 0 Å². The van der Waals surface area contributed by atoms with E-state index in [2.05, 4.69) is 38.3 Å². The number of ether oxygens (including phenoxy) is 1. The highest BCUT2D eigenvalue weighted by Gasteiger charge is 2.16. The molecule has 0 radical (unpaired) electrons. The molecule has 0 saturated carbocycles. The zero-order chi connectivity index (χ0) is 27.1. The van der Waals surface area contributed by atoms with Crippen LogP contribution in [0.5, 0.6) is 0 Å². The highest BCUT2D eigenvalue weighted by molar-refractivity contribution is 4.76. The van der Waals surface area contributed by atoms with Crippen LogP contribution in [0.25, 0.3) is 0 Å². The molecule has 3 heteroatoms. The molecule has 0 aromatic carbocycles. The van der Waals surface area contributed by atoms with Crippen LogP contribution in [0, 0.1) is 0 Å². The van der Waals surface area contributed by atoms with Crippen LogP contribution in [0.3, 0.4) is 0 Å². The molecule has 0 aliphatic carbocycles. The van der Waals surface area contributed by atoms with Crippen molar-refractivity contribution in [2.45, 2.75) is 187 Å². The summed E-state index contributed by atoms with van der Waals surface area (Å²) in [6.07, 6.45) is 34.0. The van der Waals surface area contributed by atoms with Gasteiger partial charge in [0.15, 0.2) is 0 Å². The lowest BCUT2D eigenvalue weighted by atomic mass is 10.0. The minimum absolute atomic E-state index is 0.0767. The van der Waals surface area contributed by atoms with E-state index >= 15 is 0 Å². The lowest BCUT2D eigenvalue weighted by molar-refractivity contribution is 0.0841. The molecule has 3 nitrogen and oxygen atoms in total. The molecule has 0 saturated heterocycles. The zero-order valence-electron chi connectivity index (χ0n) is 26.4. The van der Waals surface area contributed by atoms with Crippen molar-refractivity contribution in [2.24, 2.45) is 0 Å². The molecule has 0 bridgehead atoms. The topological polar surface area (TPSA) is 33.3 Å². The summed E-state index contributed by atoms with van der Waals surface area (Å²) in [6.45, 7) is 14.0. The Morgan fingerprint density at radius 1 is 0.432 bits per heavy atom. The Bertz CT molecular complexity index is 413. The molecular weight excluding hydrogens is 452 g/mol. The maximum atomic E-state index is 5.95. The monoisotopic (exact) mass is 525 g/mol. The number of hydrogen-bond donors (Lipinski definition) is 2. The number of nitrogens with one attached hydrogen (secondary N) is 2. The van der Waals surface area contributed by atoms with Crippen LogP contribution in [0.2, 0.25) is 0 Å². The van der Waals surface area contributed by atoms with Gasteiger partial charge in [0.1, 0.15) is 0 Å². The van der Waals surface area contributed by atoms with Crippen LogP contribution in [0.4, 0.5) is 0 Å². The van der Waals surface area contributed by atoms with E-state index in [9.17, 15) is 0 Å². The minimum atomic E-state index is 0.0767. The normalized spacial score (nSPS) is 12.0. The SMILES string of the molecule is CCCCCCCCCCCCCCNCCOCC(C)(C)NCCCCCCCCCCCCCC. The molecule has 0 aromatic rings. The highest BCUT2D eigenvalue weighted by Crippen LogP contribution is 2.13. The fourth-order valence-electron chi connectivity index (χ4n) is 5.13. The van der Waals surface area contributed by atoms with E-state index in [1.807, 2.05) is 0 Å². The first kappa shape index (κ1) is 36.9. The first-order valence-corrected chi connectivity index (χ1v) is 17.2. The Balaban J connectivity index is 3.26. The lowest BCUT2D eigenvalue weighted by Gasteiger charge is -2.26. The van der Waals surface area contributed by atoms with Gasteiger partial charge in [0, 0.05) is 12.1 Å². The molecule has 0 atom stereocenters. The average molecular weight is 525 g/mol. The van der Waals surface area contributed by atoms with E-state index < -0.39 is 0 Å². The minimum Gasteiger partial charge on any atom is -0.378 e. The maximum absolute atomic E-state index is 5.95. The summed E-state index contributed by atoms with van der Waals surface area (Å²) in [4.78, 5) is 0.